The van der Waals surface area contributed by atoms with Crippen LogP contribution in [-0.2, 0) is 9.47 Å². The highest BCUT2D eigenvalue weighted by Gasteiger charge is 2.29. The summed E-state index contributed by atoms with van der Waals surface area (Å²) in [5.74, 6) is 1.17. The molecule has 1 aromatic carbocycles. The molecule has 0 aromatic heterocycles. The molecule has 2 heterocycles. The van der Waals surface area contributed by atoms with Gasteiger partial charge in [0.1, 0.15) is 13.2 Å². The Bertz CT molecular complexity index is 493. The predicted molar refractivity (Wildman–Crippen MR) is 78.8 cm³/mol. The lowest BCUT2D eigenvalue weighted by Crippen LogP contribution is -2.49. The lowest BCUT2D eigenvalue weighted by atomic mass is 10.1. The summed E-state index contributed by atoms with van der Waals surface area (Å²) in [4.78, 5) is 0. The first kappa shape index (κ1) is 14.6. The number of fused-ring (bicyclic) bond motifs is 1. The van der Waals surface area contributed by atoms with Crippen LogP contribution in [0.2, 0.25) is 0 Å². The molecule has 0 spiro atoms. The van der Waals surface area contributed by atoms with E-state index in [-0.39, 0.29) is 12.1 Å². The molecule has 0 radical (unpaired) electrons. The largest absolute Gasteiger partial charge is 0.486 e. The van der Waals surface area contributed by atoms with Gasteiger partial charge in [0.2, 0.25) is 0 Å². The maximum Gasteiger partial charge on any atom is 0.162 e. The van der Waals surface area contributed by atoms with Crippen molar-refractivity contribution >= 4 is 0 Å². The van der Waals surface area contributed by atoms with Gasteiger partial charge in [0, 0.05) is 6.04 Å². The average Bonchev–Trinajstić information content (AvgIpc) is 2.49. The van der Waals surface area contributed by atoms with Crippen molar-refractivity contribution in [2.75, 3.05) is 26.4 Å². The molecule has 116 valence electrons. The lowest BCUT2D eigenvalue weighted by molar-refractivity contribution is -0.253. The van der Waals surface area contributed by atoms with E-state index in [0.717, 1.165) is 11.5 Å². The molecule has 21 heavy (non-hydrogen) atoms. The molecular weight excluding hydrogens is 270 g/mol. The Kier molecular flexibility index (Phi) is 4.06. The molecule has 2 aliphatic heterocycles. The highest BCUT2D eigenvalue weighted by Crippen LogP contribution is 2.32. The first-order chi connectivity index (χ1) is 10.0. The molecule has 0 bridgehead atoms. The molecule has 0 aliphatic carbocycles. The Morgan fingerprint density at radius 1 is 1.10 bits per heavy atom. The van der Waals surface area contributed by atoms with Crippen LogP contribution in [0.3, 0.4) is 0 Å². The Morgan fingerprint density at radius 3 is 2.48 bits per heavy atom. The zero-order valence-electron chi connectivity index (χ0n) is 12.8. The van der Waals surface area contributed by atoms with Crippen molar-refractivity contribution in [3.8, 4) is 11.5 Å². The van der Waals surface area contributed by atoms with E-state index in [4.69, 9.17) is 18.9 Å². The van der Waals surface area contributed by atoms with Crippen LogP contribution < -0.4 is 14.8 Å². The second kappa shape index (κ2) is 5.83. The summed E-state index contributed by atoms with van der Waals surface area (Å²) in [5, 5.41) is 3.53. The maximum atomic E-state index is 5.68. The van der Waals surface area contributed by atoms with Crippen molar-refractivity contribution in [2.24, 2.45) is 0 Å². The van der Waals surface area contributed by atoms with Crippen molar-refractivity contribution in [2.45, 2.75) is 38.6 Å². The number of rotatable bonds is 3. The zero-order chi connectivity index (χ0) is 14.9. The molecular formula is C16H23NO4. The molecule has 5 heteroatoms. The third kappa shape index (κ3) is 3.48. The molecule has 1 N–H and O–H groups in total. The van der Waals surface area contributed by atoms with E-state index in [1.807, 2.05) is 26.0 Å². The molecule has 2 aliphatic rings. The molecule has 1 atom stereocenters. The van der Waals surface area contributed by atoms with Crippen LogP contribution in [0.15, 0.2) is 18.2 Å². The third-order valence-corrected chi connectivity index (χ3v) is 3.82. The van der Waals surface area contributed by atoms with Gasteiger partial charge < -0.3 is 24.3 Å². The summed E-state index contributed by atoms with van der Waals surface area (Å²) in [6, 6.07) is 6.47. The first-order valence-corrected chi connectivity index (χ1v) is 7.47. The fourth-order valence-electron chi connectivity index (χ4n) is 2.57. The second-order valence-corrected chi connectivity index (χ2v) is 6.01. The summed E-state index contributed by atoms with van der Waals surface area (Å²) in [6.45, 7) is 8.54. The second-order valence-electron chi connectivity index (χ2n) is 6.01. The van der Waals surface area contributed by atoms with Crippen LogP contribution in [0, 0.1) is 0 Å². The molecule has 1 saturated heterocycles. The Balaban J connectivity index is 1.62. The topological polar surface area (TPSA) is 49.0 Å². The van der Waals surface area contributed by atoms with Gasteiger partial charge >= 0.3 is 0 Å². The zero-order valence-corrected chi connectivity index (χ0v) is 12.8. The minimum Gasteiger partial charge on any atom is -0.486 e. The van der Waals surface area contributed by atoms with Gasteiger partial charge in [0.05, 0.1) is 19.3 Å². The molecule has 0 amide bonds. The standard InChI is InChI=1S/C16H23NO4/c1-11(17-13-9-20-16(2,3)21-10-13)12-4-5-14-15(8-12)19-7-6-18-14/h4-5,8,11,13,17H,6-7,9-10H2,1-3H3. The SMILES string of the molecule is CC(NC1COC(C)(C)OC1)c1ccc2c(c1)OCCO2. The highest BCUT2D eigenvalue weighted by atomic mass is 16.7. The predicted octanol–water partition coefficient (Wildman–Crippen LogP) is 2.26. The van der Waals surface area contributed by atoms with Gasteiger partial charge in [0.25, 0.3) is 0 Å². The quantitative estimate of drug-likeness (QED) is 0.926. The van der Waals surface area contributed by atoms with Crippen LogP contribution in [0.1, 0.15) is 32.4 Å². The number of nitrogens with one attached hydrogen (secondary N) is 1. The molecule has 5 nitrogen and oxygen atoms in total. The summed E-state index contributed by atoms with van der Waals surface area (Å²) in [7, 11) is 0. The number of hydrogen-bond acceptors (Lipinski definition) is 5. The molecule has 3 rings (SSSR count). The summed E-state index contributed by atoms with van der Waals surface area (Å²) in [6.07, 6.45) is 0. The van der Waals surface area contributed by atoms with Crippen LogP contribution in [0.5, 0.6) is 11.5 Å². The van der Waals surface area contributed by atoms with Crippen LogP contribution >= 0.6 is 0 Å². The van der Waals surface area contributed by atoms with Crippen LogP contribution in [0.4, 0.5) is 0 Å². The maximum absolute atomic E-state index is 5.68. The minimum absolute atomic E-state index is 0.194. The summed E-state index contributed by atoms with van der Waals surface area (Å²) >= 11 is 0. The Labute approximate surface area is 125 Å². The van der Waals surface area contributed by atoms with Crippen LogP contribution in [0.25, 0.3) is 0 Å². The van der Waals surface area contributed by atoms with Gasteiger partial charge in [0.15, 0.2) is 17.3 Å². The van der Waals surface area contributed by atoms with Crippen molar-refractivity contribution in [1.82, 2.24) is 5.32 Å². The van der Waals surface area contributed by atoms with E-state index in [0.29, 0.717) is 26.4 Å². The van der Waals surface area contributed by atoms with E-state index in [1.165, 1.54) is 5.56 Å². The van der Waals surface area contributed by atoms with Gasteiger partial charge in [-0.05, 0) is 38.5 Å². The van der Waals surface area contributed by atoms with Crippen molar-refractivity contribution in [3.63, 3.8) is 0 Å². The van der Waals surface area contributed by atoms with E-state index >= 15 is 0 Å². The Morgan fingerprint density at radius 2 is 1.76 bits per heavy atom. The van der Waals surface area contributed by atoms with E-state index in [1.54, 1.807) is 0 Å². The van der Waals surface area contributed by atoms with E-state index < -0.39 is 5.79 Å². The smallest absolute Gasteiger partial charge is 0.162 e. The number of benzene rings is 1. The average molecular weight is 293 g/mol. The monoisotopic (exact) mass is 293 g/mol. The molecule has 1 fully saturated rings. The summed E-state index contributed by atoms with van der Waals surface area (Å²) in [5.41, 5.74) is 1.17. The highest BCUT2D eigenvalue weighted by molar-refractivity contribution is 5.44. The van der Waals surface area contributed by atoms with Crippen molar-refractivity contribution in [1.29, 1.82) is 0 Å². The number of hydrogen-bond donors (Lipinski definition) is 1. The summed E-state index contributed by atoms with van der Waals surface area (Å²) < 4.78 is 22.5. The number of ether oxygens (including phenoxy) is 4. The Hall–Kier alpha value is -1.30. The third-order valence-electron chi connectivity index (χ3n) is 3.82. The van der Waals surface area contributed by atoms with Crippen molar-refractivity contribution < 1.29 is 18.9 Å². The molecule has 1 unspecified atom stereocenters. The van der Waals surface area contributed by atoms with Gasteiger partial charge in [-0.1, -0.05) is 6.07 Å². The minimum atomic E-state index is -0.474. The fourth-order valence-corrected chi connectivity index (χ4v) is 2.57. The fraction of sp³-hybridized carbons (Fsp3) is 0.625. The van der Waals surface area contributed by atoms with Gasteiger partial charge in [-0.15, -0.1) is 0 Å². The van der Waals surface area contributed by atoms with Gasteiger partial charge in [-0.25, -0.2) is 0 Å². The molecule has 1 aromatic rings. The van der Waals surface area contributed by atoms with Crippen molar-refractivity contribution in [3.05, 3.63) is 23.8 Å². The van der Waals surface area contributed by atoms with Gasteiger partial charge in [-0.2, -0.15) is 0 Å². The molecule has 0 saturated carbocycles. The van der Waals surface area contributed by atoms with Gasteiger partial charge in [-0.3, -0.25) is 0 Å². The van der Waals surface area contributed by atoms with Crippen LogP contribution in [-0.4, -0.2) is 38.3 Å². The van der Waals surface area contributed by atoms with E-state index in [2.05, 4.69) is 18.3 Å². The lowest BCUT2D eigenvalue weighted by Gasteiger charge is -2.36. The normalized spacial score (nSPS) is 22.8. The first-order valence-electron chi connectivity index (χ1n) is 7.47. The van der Waals surface area contributed by atoms with E-state index in [9.17, 15) is 0 Å².